The van der Waals surface area contributed by atoms with Gasteiger partial charge in [0, 0.05) is 13.1 Å². The Balaban J connectivity index is 1.80. The minimum absolute atomic E-state index is 0.137. The molecule has 2 aromatic rings. The lowest BCUT2D eigenvalue weighted by atomic mass is 10.2. The molecule has 28 heavy (non-hydrogen) atoms. The van der Waals surface area contributed by atoms with Crippen LogP contribution in [0, 0.1) is 20.8 Å². The summed E-state index contributed by atoms with van der Waals surface area (Å²) in [5, 5.41) is 4.20. The fraction of sp³-hybridized carbons (Fsp3) is 0.500. The van der Waals surface area contributed by atoms with E-state index in [0.717, 1.165) is 35.9 Å². The molecule has 7 nitrogen and oxygen atoms in total. The quantitative estimate of drug-likeness (QED) is 0.763. The Hall–Kier alpha value is -2.19. The molecule has 2 heterocycles. The summed E-state index contributed by atoms with van der Waals surface area (Å²) in [7, 11) is -3.67. The molecule has 0 aliphatic carbocycles. The minimum atomic E-state index is -3.67. The Kier molecular flexibility index (Phi) is 6.20. The van der Waals surface area contributed by atoms with Gasteiger partial charge in [-0.25, -0.2) is 13.1 Å². The number of carbonyl (C=O) groups is 1. The van der Waals surface area contributed by atoms with Gasteiger partial charge in [-0.05, 0) is 45.7 Å². The molecule has 0 unspecified atom stereocenters. The van der Waals surface area contributed by atoms with Crippen LogP contribution in [0.1, 0.15) is 47.4 Å². The summed E-state index contributed by atoms with van der Waals surface area (Å²) in [6.45, 7) is 6.02. The van der Waals surface area contributed by atoms with Crippen molar-refractivity contribution in [2.75, 3.05) is 19.7 Å². The van der Waals surface area contributed by atoms with Crippen LogP contribution < -0.4 is 4.74 Å². The van der Waals surface area contributed by atoms with Gasteiger partial charge >= 0.3 is 0 Å². The summed E-state index contributed by atoms with van der Waals surface area (Å²) in [6, 6.07) is 7.38. The van der Waals surface area contributed by atoms with Crippen LogP contribution in [0.15, 0.2) is 29.2 Å². The van der Waals surface area contributed by atoms with E-state index in [4.69, 9.17) is 4.74 Å². The average molecular weight is 406 g/mol. The molecule has 0 radical (unpaired) electrons. The average Bonchev–Trinajstić information content (AvgIpc) is 2.84. The van der Waals surface area contributed by atoms with Gasteiger partial charge in [0.1, 0.15) is 10.6 Å². The van der Waals surface area contributed by atoms with Gasteiger partial charge < -0.3 is 4.74 Å². The molecule has 1 saturated heterocycles. The summed E-state index contributed by atoms with van der Waals surface area (Å²) in [5.74, 6) is 0.177. The summed E-state index contributed by atoms with van der Waals surface area (Å²) in [4.78, 5) is 12.7. The van der Waals surface area contributed by atoms with E-state index in [9.17, 15) is 13.2 Å². The Bertz CT molecular complexity index is 941. The van der Waals surface area contributed by atoms with Crippen LogP contribution in [0.25, 0.3) is 0 Å². The van der Waals surface area contributed by atoms with E-state index >= 15 is 0 Å². The number of sulfonamides is 1. The summed E-state index contributed by atoms with van der Waals surface area (Å²) in [6.07, 6.45) is 3.79. The largest absolute Gasteiger partial charge is 0.484 e. The van der Waals surface area contributed by atoms with Crippen molar-refractivity contribution in [2.45, 2.75) is 51.3 Å². The third-order valence-corrected chi connectivity index (χ3v) is 7.16. The highest BCUT2D eigenvalue weighted by atomic mass is 32.2. The maximum Gasteiger partial charge on any atom is 0.285 e. The van der Waals surface area contributed by atoms with Gasteiger partial charge in [-0.15, -0.1) is 0 Å². The SMILES string of the molecule is Cc1ccc(OCC(=O)n2nc(C)c(S(=O)(=O)N3CCCCCC3)c2C)cc1. The number of ether oxygens (including phenoxy) is 1. The zero-order valence-electron chi connectivity index (χ0n) is 16.6. The third kappa shape index (κ3) is 4.28. The predicted molar refractivity (Wildman–Crippen MR) is 106 cm³/mol. The van der Waals surface area contributed by atoms with E-state index in [-0.39, 0.29) is 11.5 Å². The summed E-state index contributed by atoms with van der Waals surface area (Å²) in [5.41, 5.74) is 1.77. The van der Waals surface area contributed by atoms with Gasteiger partial charge in [-0.3, -0.25) is 4.79 Å². The van der Waals surface area contributed by atoms with Gasteiger partial charge in [-0.2, -0.15) is 9.40 Å². The molecule has 152 valence electrons. The zero-order valence-corrected chi connectivity index (χ0v) is 17.5. The van der Waals surface area contributed by atoms with E-state index in [1.54, 1.807) is 26.0 Å². The number of aryl methyl sites for hydroxylation is 2. The molecular formula is C20H27N3O4S. The van der Waals surface area contributed by atoms with Crippen LogP contribution in [-0.4, -0.2) is 48.1 Å². The highest BCUT2D eigenvalue weighted by Crippen LogP contribution is 2.26. The first-order chi connectivity index (χ1) is 13.3. The number of aromatic nitrogens is 2. The fourth-order valence-corrected chi connectivity index (χ4v) is 5.37. The topological polar surface area (TPSA) is 81.5 Å². The minimum Gasteiger partial charge on any atom is -0.484 e. The second kappa shape index (κ2) is 8.45. The maximum absolute atomic E-state index is 13.2. The molecule has 0 N–H and O–H groups in total. The highest BCUT2D eigenvalue weighted by Gasteiger charge is 2.32. The molecule has 0 amide bonds. The van der Waals surface area contributed by atoms with E-state index in [0.29, 0.717) is 30.2 Å². The Morgan fingerprint density at radius 2 is 1.64 bits per heavy atom. The van der Waals surface area contributed by atoms with E-state index in [1.165, 1.54) is 4.31 Å². The fourth-order valence-electron chi connectivity index (χ4n) is 3.50. The van der Waals surface area contributed by atoms with Crippen molar-refractivity contribution in [2.24, 2.45) is 0 Å². The number of rotatable bonds is 5. The molecule has 3 rings (SSSR count). The van der Waals surface area contributed by atoms with E-state index in [1.807, 2.05) is 19.1 Å². The first-order valence-electron chi connectivity index (χ1n) is 9.60. The number of carbonyl (C=O) groups excluding carboxylic acids is 1. The number of hydrogen-bond donors (Lipinski definition) is 0. The second-order valence-corrected chi connectivity index (χ2v) is 9.10. The number of benzene rings is 1. The van der Waals surface area contributed by atoms with Crippen LogP contribution in [0.4, 0.5) is 0 Å². The van der Waals surface area contributed by atoms with Crippen molar-refractivity contribution in [3.05, 3.63) is 41.2 Å². The number of nitrogens with zero attached hydrogens (tertiary/aromatic N) is 3. The molecule has 1 aromatic carbocycles. The van der Waals surface area contributed by atoms with Crippen LogP contribution >= 0.6 is 0 Å². The van der Waals surface area contributed by atoms with Crippen molar-refractivity contribution < 1.29 is 17.9 Å². The van der Waals surface area contributed by atoms with Crippen molar-refractivity contribution >= 4 is 15.9 Å². The zero-order chi connectivity index (χ0) is 20.3. The lowest BCUT2D eigenvalue weighted by Crippen LogP contribution is -2.32. The standard InChI is InChI=1S/C20H27N3O4S/c1-15-8-10-18(11-9-15)27-14-19(24)23-17(3)20(16(2)21-23)28(25,26)22-12-6-4-5-7-13-22/h8-11H,4-7,12-14H2,1-3H3. The second-order valence-electron chi connectivity index (χ2n) is 7.23. The van der Waals surface area contributed by atoms with Crippen molar-refractivity contribution in [1.82, 2.24) is 14.1 Å². The molecule has 0 spiro atoms. The van der Waals surface area contributed by atoms with Gasteiger partial charge in [0.05, 0.1) is 11.4 Å². The molecule has 0 saturated carbocycles. The highest BCUT2D eigenvalue weighted by molar-refractivity contribution is 7.89. The van der Waals surface area contributed by atoms with Crippen LogP contribution in [0.5, 0.6) is 5.75 Å². The van der Waals surface area contributed by atoms with Gasteiger partial charge in [-0.1, -0.05) is 30.5 Å². The summed E-state index contributed by atoms with van der Waals surface area (Å²) < 4.78 is 34.5. The molecule has 1 aliphatic heterocycles. The molecule has 1 aliphatic rings. The van der Waals surface area contributed by atoms with Gasteiger partial charge in [0.25, 0.3) is 5.91 Å². The van der Waals surface area contributed by atoms with Crippen molar-refractivity contribution in [3.63, 3.8) is 0 Å². The first-order valence-corrected chi connectivity index (χ1v) is 11.0. The monoisotopic (exact) mass is 405 g/mol. The molecule has 0 atom stereocenters. The van der Waals surface area contributed by atoms with E-state index in [2.05, 4.69) is 5.10 Å². The van der Waals surface area contributed by atoms with Gasteiger partial charge in [0.15, 0.2) is 6.61 Å². The normalized spacial score (nSPS) is 16.0. The van der Waals surface area contributed by atoms with Crippen molar-refractivity contribution in [3.8, 4) is 5.75 Å². The smallest absolute Gasteiger partial charge is 0.285 e. The lowest BCUT2D eigenvalue weighted by molar-refractivity contribution is 0.0818. The Morgan fingerprint density at radius 3 is 2.25 bits per heavy atom. The van der Waals surface area contributed by atoms with E-state index < -0.39 is 15.9 Å². The Morgan fingerprint density at radius 1 is 1.04 bits per heavy atom. The molecule has 1 fully saturated rings. The van der Waals surface area contributed by atoms with Crippen LogP contribution in [0.3, 0.4) is 0 Å². The maximum atomic E-state index is 13.2. The Labute approximate surface area is 166 Å². The first kappa shape index (κ1) is 20.5. The van der Waals surface area contributed by atoms with Crippen molar-refractivity contribution in [1.29, 1.82) is 0 Å². The predicted octanol–water partition coefficient (Wildman–Crippen LogP) is 3.09. The number of hydrogen-bond acceptors (Lipinski definition) is 5. The van der Waals surface area contributed by atoms with Gasteiger partial charge in [0.2, 0.25) is 10.0 Å². The molecular weight excluding hydrogens is 378 g/mol. The summed E-state index contributed by atoms with van der Waals surface area (Å²) >= 11 is 0. The van der Waals surface area contributed by atoms with Crippen LogP contribution in [0.2, 0.25) is 0 Å². The molecule has 8 heteroatoms. The lowest BCUT2D eigenvalue weighted by Gasteiger charge is -2.20. The van der Waals surface area contributed by atoms with Crippen LogP contribution in [-0.2, 0) is 10.0 Å². The third-order valence-electron chi connectivity index (χ3n) is 5.01. The molecule has 0 bridgehead atoms. The molecule has 1 aromatic heterocycles.